The predicted octanol–water partition coefficient (Wildman–Crippen LogP) is 3.29. The third kappa shape index (κ3) is 5.89. The Morgan fingerprint density at radius 1 is 1.23 bits per heavy atom. The van der Waals surface area contributed by atoms with Gasteiger partial charge in [-0.15, -0.1) is 0 Å². The smallest absolute Gasteiger partial charge is 0.258 e. The fourth-order valence-corrected chi connectivity index (χ4v) is 3.60. The van der Waals surface area contributed by atoms with Crippen LogP contribution in [0.1, 0.15) is 41.9 Å². The summed E-state index contributed by atoms with van der Waals surface area (Å²) in [6.45, 7) is 0. The van der Waals surface area contributed by atoms with Gasteiger partial charge in [0.25, 0.3) is 5.91 Å². The first kappa shape index (κ1) is 20.5. The van der Waals surface area contributed by atoms with E-state index in [2.05, 4.69) is 15.3 Å². The molecular weight excluding hydrogens is 402 g/mol. The normalized spacial score (nSPS) is 17.6. The van der Waals surface area contributed by atoms with Crippen molar-refractivity contribution in [3.63, 3.8) is 0 Å². The van der Waals surface area contributed by atoms with Gasteiger partial charge >= 0.3 is 0 Å². The Morgan fingerprint density at radius 3 is 2.60 bits per heavy atom. The highest BCUT2D eigenvalue weighted by Crippen LogP contribution is 2.34. The Bertz CT molecular complexity index is 1050. The molecule has 1 amide bonds. The third-order valence-corrected chi connectivity index (χ3v) is 5.79. The number of para-hydroxylation sites is 1. The van der Waals surface area contributed by atoms with Crippen LogP contribution in [0.15, 0.2) is 48.0 Å². The summed E-state index contributed by atoms with van der Waals surface area (Å²) in [5, 5.41) is 4.06. The number of hydrogen-bond donors (Lipinski definition) is 1. The SMILES string of the molecule is CS(=O)(=O)/C=C/[C@@H](NC(=O)c1cnc(CC2CC2)nc1Oc1ccccc1)C1CC1. The topological polar surface area (TPSA) is 98.2 Å². The summed E-state index contributed by atoms with van der Waals surface area (Å²) in [7, 11) is -3.27. The van der Waals surface area contributed by atoms with Crippen LogP contribution in [-0.4, -0.2) is 36.6 Å². The molecule has 1 heterocycles. The number of nitrogens with zero attached hydrogens (tertiary/aromatic N) is 2. The first-order chi connectivity index (χ1) is 14.4. The highest BCUT2D eigenvalue weighted by atomic mass is 32.2. The summed E-state index contributed by atoms with van der Waals surface area (Å²) in [6, 6.07) is 8.81. The summed E-state index contributed by atoms with van der Waals surface area (Å²) < 4.78 is 28.9. The second-order valence-electron chi connectivity index (χ2n) is 8.06. The quantitative estimate of drug-likeness (QED) is 0.659. The largest absolute Gasteiger partial charge is 0.438 e. The Kier molecular flexibility index (Phi) is 5.85. The Balaban J connectivity index is 1.57. The first-order valence-electron chi connectivity index (χ1n) is 10.2. The number of sulfone groups is 1. The lowest BCUT2D eigenvalue weighted by molar-refractivity contribution is 0.0937. The second kappa shape index (κ2) is 8.55. The predicted molar refractivity (Wildman–Crippen MR) is 113 cm³/mol. The zero-order valence-electron chi connectivity index (χ0n) is 16.8. The molecule has 0 bridgehead atoms. The number of hydrogen-bond acceptors (Lipinski definition) is 6. The van der Waals surface area contributed by atoms with Gasteiger partial charge in [0.15, 0.2) is 9.84 Å². The monoisotopic (exact) mass is 427 g/mol. The molecule has 2 aromatic rings. The molecule has 2 saturated carbocycles. The summed E-state index contributed by atoms with van der Waals surface area (Å²) in [5.41, 5.74) is 0.233. The van der Waals surface area contributed by atoms with Gasteiger partial charge in [-0.3, -0.25) is 4.79 Å². The maximum Gasteiger partial charge on any atom is 0.258 e. The summed E-state index contributed by atoms with van der Waals surface area (Å²) >= 11 is 0. The van der Waals surface area contributed by atoms with Crippen molar-refractivity contribution in [1.82, 2.24) is 15.3 Å². The van der Waals surface area contributed by atoms with Gasteiger partial charge in [0.2, 0.25) is 5.88 Å². The average Bonchev–Trinajstić information content (AvgIpc) is 3.60. The minimum absolute atomic E-state index is 0.214. The van der Waals surface area contributed by atoms with E-state index in [0.717, 1.165) is 30.9 Å². The lowest BCUT2D eigenvalue weighted by atomic mass is 10.1. The number of nitrogens with one attached hydrogen (secondary N) is 1. The molecule has 7 nitrogen and oxygen atoms in total. The van der Waals surface area contributed by atoms with Crippen molar-refractivity contribution >= 4 is 15.7 Å². The fourth-order valence-electron chi connectivity index (χ4n) is 3.15. The molecule has 2 aliphatic rings. The van der Waals surface area contributed by atoms with E-state index in [1.54, 1.807) is 18.2 Å². The number of ether oxygens (including phenoxy) is 1. The van der Waals surface area contributed by atoms with E-state index in [-0.39, 0.29) is 29.3 Å². The molecule has 0 radical (unpaired) electrons. The van der Waals surface area contributed by atoms with Crippen molar-refractivity contribution in [1.29, 1.82) is 0 Å². The number of rotatable bonds is 9. The molecule has 0 aliphatic heterocycles. The van der Waals surface area contributed by atoms with Crippen molar-refractivity contribution in [2.75, 3.05) is 6.26 Å². The molecule has 1 atom stereocenters. The minimum Gasteiger partial charge on any atom is -0.438 e. The van der Waals surface area contributed by atoms with E-state index >= 15 is 0 Å². The molecule has 30 heavy (non-hydrogen) atoms. The van der Waals surface area contributed by atoms with Gasteiger partial charge < -0.3 is 10.1 Å². The number of amides is 1. The van der Waals surface area contributed by atoms with E-state index < -0.39 is 9.84 Å². The summed E-state index contributed by atoms with van der Waals surface area (Å²) in [5.74, 6) is 1.92. The molecule has 1 N–H and O–H groups in total. The maximum absolute atomic E-state index is 13.0. The lowest BCUT2D eigenvalue weighted by Crippen LogP contribution is -2.35. The molecule has 2 aliphatic carbocycles. The van der Waals surface area contributed by atoms with E-state index in [9.17, 15) is 13.2 Å². The first-order valence-corrected chi connectivity index (χ1v) is 12.1. The van der Waals surface area contributed by atoms with Gasteiger partial charge in [-0.05, 0) is 49.7 Å². The highest BCUT2D eigenvalue weighted by Gasteiger charge is 2.32. The molecule has 1 aromatic carbocycles. The minimum atomic E-state index is -3.27. The van der Waals surface area contributed by atoms with Gasteiger partial charge in [0.1, 0.15) is 17.1 Å². The van der Waals surface area contributed by atoms with Crippen LogP contribution in [-0.2, 0) is 16.3 Å². The van der Waals surface area contributed by atoms with Crippen molar-refractivity contribution in [2.24, 2.45) is 11.8 Å². The maximum atomic E-state index is 13.0. The molecule has 1 aromatic heterocycles. The van der Waals surface area contributed by atoms with Crippen LogP contribution < -0.4 is 10.1 Å². The van der Waals surface area contributed by atoms with Gasteiger partial charge in [-0.25, -0.2) is 13.4 Å². The van der Waals surface area contributed by atoms with E-state index in [0.29, 0.717) is 17.5 Å². The summed E-state index contributed by atoms with van der Waals surface area (Å²) in [4.78, 5) is 21.9. The van der Waals surface area contributed by atoms with Crippen molar-refractivity contribution in [3.05, 3.63) is 59.4 Å². The third-order valence-electron chi connectivity index (χ3n) is 5.13. The van der Waals surface area contributed by atoms with Crippen LogP contribution in [0.4, 0.5) is 0 Å². The van der Waals surface area contributed by atoms with Gasteiger partial charge in [-0.2, -0.15) is 4.98 Å². The Hall–Kier alpha value is -2.74. The number of benzene rings is 1. The lowest BCUT2D eigenvalue weighted by Gasteiger charge is -2.16. The number of carbonyl (C=O) groups is 1. The van der Waals surface area contributed by atoms with Crippen LogP contribution >= 0.6 is 0 Å². The van der Waals surface area contributed by atoms with E-state index in [4.69, 9.17) is 4.74 Å². The molecule has 2 fully saturated rings. The standard InChI is InChI=1S/C22H25N3O4S/c1-30(27,28)12-11-19(16-9-10-16)24-21(26)18-14-23-20(13-15-7-8-15)25-22(18)29-17-5-3-2-4-6-17/h2-6,11-12,14-16,19H,7-10,13H2,1H3,(H,24,26)/b12-11+/t19-/m1/s1. The van der Waals surface area contributed by atoms with Crippen LogP contribution in [0.5, 0.6) is 11.6 Å². The molecule has 8 heteroatoms. The Labute approximate surface area is 176 Å². The fraction of sp³-hybridized carbons (Fsp3) is 0.409. The molecule has 158 valence electrons. The number of carbonyl (C=O) groups excluding carboxylic acids is 1. The van der Waals surface area contributed by atoms with Crippen LogP contribution in [0.2, 0.25) is 0 Å². The van der Waals surface area contributed by atoms with Gasteiger partial charge in [-0.1, -0.05) is 24.3 Å². The van der Waals surface area contributed by atoms with Crippen LogP contribution in [0.25, 0.3) is 0 Å². The summed E-state index contributed by atoms with van der Waals surface area (Å²) in [6.07, 6.45) is 9.20. The van der Waals surface area contributed by atoms with Crippen LogP contribution in [0.3, 0.4) is 0 Å². The molecule has 0 unspecified atom stereocenters. The van der Waals surface area contributed by atoms with Gasteiger partial charge in [0, 0.05) is 24.3 Å². The van der Waals surface area contributed by atoms with E-state index in [1.165, 1.54) is 19.0 Å². The van der Waals surface area contributed by atoms with Crippen molar-refractivity contribution in [2.45, 2.75) is 38.1 Å². The molecular formula is C22H25N3O4S. The van der Waals surface area contributed by atoms with E-state index in [1.807, 2.05) is 18.2 Å². The zero-order valence-corrected chi connectivity index (χ0v) is 17.6. The van der Waals surface area contributed by atoms with Crippen LogP contribution in [0, 0.1) is 11.8 Å². The molecule has 4 rings (SSSR count). The number of aromatic nitrogens is 2. The highest BCUT2D eigenvalue weighted by molar-refractivity contribution is 7.93. The second-order valence-corrected chi connectivity index (χ2v) is 9.99. The molecule has 0 saturated heterocycles. The van der Waals surface area contributed by atoms with Crippen molar-refractivity contribution < 1.29 is 17.9 Å². The molecule has 0 spiro atoms. The zero-order chi connectivity index (χ0) is 21.1. The van der Waals surface area contributed by atoms with Gasteiger partial charge in [0.05, 0.1) is 6.04 Å². The Morgan fingerprint density at radius 2 is 1.97 bits per heavy atom. The van der Waals surface area contributed by atoms with Crippen molar-refractivity contribution in [3.8, 4) is 11.6 Å². The average molecular weight is 428 g/mol.